The zero-order valence-electron chi connectivity index (χ0n) is 9.79. The maximum atomic E-state index is 12.1. The standard InChI is InChI=1S/C13H9NO5/c15-13(11-3-4-12(19-11)14(16)17)9-1-2-10-8(7-9)5-6-18-10/h1-4,7H,5-6H2. The Morgan fingerprint density at radius 1 is 1.26 bits per heavy atom. The number of benzene rings is 1. The molecule has 2 aromatic rings. The van der Waals surface area contributed by atoms with Crippen LogP contribution < -0.4 is 4.74 Å². The lowest BCUT2D eigenvalue weighted by Crippen LogP contribution is -2.00. The fourth-order valence-electron chi connectivity index (χ4n) is 2.02. The molecule has 1 aromatic carbocycles. The van der Waals surface area contributed by atoms with E-state index in [-0.39, 0.29) is 11.5 Å². The van der Waals surface area contributed by atoms with Gasteiger partial charge >= 0.3 is 5.88 Å². The molecule has 3 rings (SSSR count). The van der Waals surface area contributed by atoms with Crippen molar-refractivity contribution in [3.05, 3.63) is 57.3 Å². The maximum absolute atomic E-state index is 12.1. The highest BCUT2D eigenvalue weighted by Gasteiger charge is 2.20. The van der Waals surface area contributed by atoms with Gasteiger partial charge in [-0.2, -0.15) is 0 Å². The first-order valence-electron chi connectivity index (χ1n) is 5.70. The molecule has 0 saturated carbocycles. The number of carbonyl (C=O) groups excluding carboxylic acids is 1. The summed E-state index contributed by atoms with van der Waals surface area (Å²) in [7, 11) is 0. The molecule has 19 heavy (non-hydrogen) atoms. The Hall–Kier alpha value is -2.63. The number of furan rings is 1. The summed E-state index contributed by atoms with van der Waals surface area (Å²) in [5.41, 5.74) is 1.40. The van der Waals surface area contributed by atoms with E-state index in [1.165, 1.54) is 12.1 Å². The molecule has 2 heterocycles. The molecule has 1 aliphatic heterocycles. The highest BCUT2D eigenvalue weighted by Crippen LogP contribution is 2.27. The number of nitrogens with zero attached hydrogens (tertiary/aromatic N) is 1. The third kappa shape index (κ3) is 1.97. The van der Waals surface area contributed by atoms with E-state index in [0.29, 0.717) is 12.2 Å². The monoisotopic (exact) mass is 259 g/mol. The van der Waals surface area contributed by atoms with Crippen molar-refractivity contribution in [2.45, 2.75) is 6.42 Å². The van der Waals surface area contributed by atoms with Crippen LogP contribution in [0.4, 0.5) is 5.88 Å². The predicted molar refractivity (Wildman–Crippen MR) is 64.4 cm³/mol. The molecule has 0 amide bonds. The van der Waals surface area contributed by atoms with E-state index >= 15 is 0 Å². The number of rotatable bonds is 3. The molecule has 0 unspecified atom stereocenters. The number of fused-ring (bicyclic) bond motifs is 1. The van der Waals surface area contributed by atoms with E-state index in [1.54, 1.807) is 18.2 Å². The van der Waals surface area contributed by atoms with Gasteiger partial charge < -0.3 is 9.15 Å². The van der Waals surface area contributed by atoms with Crippen LogP contribution in [0.15, 0.2) is 34.7 Å². The van der Waals surface area contributed by atoms with Crippen LogP contribution >= 0.6 is 0 Å². The second-order valence-corrected chi connectivity index (χ2v) is 4.15. The molecule has 0 N–H and O–H groups in total. The van der Waals surface area contributed by atoms with Gasteiger partial charge in [0.25, 0.3) is 0 Å². The summed E-state index contributed by atoms with van der Waals surface area (Å²) >= 11 is 0. The van der Waals surface area contributed by atoms with Gasteiger partial charge in [-0.25, -0.2) is 0 Å². The van der Waals surface area contributed by atoms with Crippen molar-refractivity contribution in [1.82, 2.24) is 0 Å². The van der Waals surface area contributed by atoms with Crippen LogP contribution in [-0.2, 0) is 6.42 Å². The fourth-order valence-corrected chi connectivity index (χ4v) is 2.02. The minimum atomic E-state index is -0.673. The molecule has 96 valence electrons. The van der Waals surface area contributed by atoms with Crippen LogP contribution in [0, 0.1) is 10.1 Å². The van der Waals surface area contributed by atoms with Crippen molar-refractivity contribution in [2.75, 3.05) is 6.61 Å². The van der Waals surface area contributed by atoms with Crippen LogP contribution in [0.3, 0.4) is 0 Å². The molecule has 0 bridgehead atoms. The van der Waals surface area contributed by atoms with Crippen molar-refractivity contribution < 1.29 is 18.9 Å². The molecule has 0 saturated heterocycles. The lowest BCUT2D eigenvalue weighted by atomic mass is 10.0. The third-order valence-electron chi connectivity index (χ3n) is 2.95. The molecule has 0 aliphatic carbocycles. The lowest BCUT2D eigenvalue weighted by Gasteiger charge is -2.01. The van der Waals surface area contributed by atoms with Gasteiger partial charge in [0.15, 0.2) is 5.76 Å². The zero-order chi connectivity index (χ0) is 13.4. The van der Waals surface area contributed by atoms with Crippen LogP contribution in [-0.4, -0.2) is 17.3 Å². The summed E-state index contributed by atoms with van der Waals surface area (Å²) in [4.78, 5) is 22.0. The van der Waals surface area contributed by atoms with Gasteiger partial charge in [0.1, 0.15) is 10.7 Å². The summed E-state index contributed by atoms with van der Waals surface area (Å²) < 4.78 is 10.3. The molecule has 0 radical (unpaired) electrons. The van der Waals surface area contributed by atoms with E-state index < -0.39 is 10.8 Å². The van der Waals surface area contributed by atoms with E-state index in [2.05, 4.69) is 0 Å². The molecule has 1 aromatic heterocycles. The second kappa shape index (κ2) is 4.24. The highest BCUT2D eigenvalue weighted by molar-refractivity contribution is 6.07. The lowest BCUT2D eigenvalue weighted by molar-refractivity contribution is -0.402. The number of nitro groups is 1. The van der Waals surface area contributed by atoms with Gasteiger partial charge in [-0.3, -0.25) is 14.9 Å². The average Bonchev–Trinajstić information content (AvgIpc) is 3.06. The third-order valence-corrected chi connectivity index (χ3v) is 2.95. The van der Waals surface area contributed by atoms with Gasteiger partial charge in [0.2, 0.25) is 5.78 Å². The minimum Gasteiger partial charge on any atom is -0.493 e. The molecule has 6 heteroatoms. The second-order valence-electron chi connectivity index (χ2n) is 4.15. The Balaban J connectivity index is 1.92. The molecular weight excluding hydrogens is 250 g/mol. The fraction of sp³-hybridized carbons (Fsp3) is 0.154. The number of ether oxygens (including phenoxy) is 1. The van der Waals surface area contributed by atoms with Crippen LogP contribution in [0.1, 0.15) is 21.7 Å². The number of hydrogen-bond donors (Lipinski definition) is 0. The smallest absolute Gasteiger partial charge is 0.433 e. The average molecular weight is 259 g/mol. The van der Waals surface area contributed by atoms with Crippen LogP contribution in [0.25, 0.3) is 0 Å². The molecule has 6 nitrogen and oxygen atoms in total. The normalized spacial score (nSPS) is 12.8. The first kappa shape index (κ1) is 11.5. The summed E-state index contributed by atoms with van der Waals surface area (Å²) in [6, 6.07) is 7.57. The summed E-state index contributed by atoms with van der Waals surface area (Å²) in [6.45, 7) is 0.610. The van der Waals surface area contributed by atoms with Gasteiger partial charge in [0.05, 0.1) is 12.7 Å². The molecule has 0 fully saturated rings. The van der Waals surface area contributed by atoms with Crippen molar-refractivity contribution in [2.24, 2.45) is 0 Å². The number of carbonyl (C=O) groups is 1. The number of hydrogen-bond acceptors (Lipinski definition) is 5. The van der Waals surface area contributed by atoms with Crippen molar-refractivity contribution in [1.29, 1.82) is 0 Å². The van der Waals surface area contributed by atoms with Crippen molar-refractivity contribution in [3.8, 4) is 5.75 Å². The molecular formula is C13H9NO5. The Kier molecular flexibility index (Phi) is 2.56. The summed E-state index contributed by atoms with van der Waals surface area (Å²) in [6.07, 6.45) is 0.759. The van der Waals surface area contributed by atoms with Crippen molar-refractivity contribution in [3.63, 3.8) is 0 Å². The van der Waals surface area contributed by atoms with E-state index in [1.807, 2.05) is 0 Å². The van der Waals surface area contributed by atoms with E-state index in [4.69, 9.17) is 9.15 Å². The summed E-state index contributed by atoms with van der Waals surface area (Å²) in [5, 5.41) is 10.5. The van der Waals surface area contributed by atoms with Gasteiger partial charge in [0, 0.05) is 12.0 Å². The Morgan fingerprint density at radius 2 is 2.11 bits per heavy atom. The SMILES string of the molecule is O=C(c1ccc2c(c1)CCO2)c1ccc([N+](=O)[O-])o1. The van der Waals surface area contributed by atoms with Crippen molar-refractivity contribution >= 4 is 11.7 Å². The van der Waals surface area contributed by atoms with Crippen LogP contribution in [0.5, 0.6) is 5.75 Å². The number of ketones is 1. The van der Waals surface area contributed by atoms with E-state index in [9.17, 15) is 14.9 Å². The highest BCUT2D eigenvalue weighted by atomic mass is 16.6. The van der Waals surface area contributed by atoms with E-state index in [0.717, 1.165) is 17.7 Å². The Morgan fingerprint density at radius 3 is 2.84 bits per heavy atom. The molecule has 0 atom stereocenters. The molecule has 0 spiro atoms. The summed E-state index contributed by atoms with van der Waals surface area (Å²) in [5.74, 6) is -0.0665. The molecule has 1 aliphatic rings. The van der Waals surface area contributed by atoms with Crippen LogP contribution in [0.2, 0.25) is 0 Å². The quantitative estimate of drug-likeness (QED) is 0.480. The first-order chi connectivity index (χ1) is 9.15. The first-order valence-corrected chi connectivity index (χ1v) is 5.70. The van der Waals surface area contributed by atoms with Gasteiger partial charge in [-0.1, -0.05) is 0 Å². The Bertz CT molecular complexity index is 673. The topological polar surface area (TPSA) is 82.6 Å². The maximum Gasteiger partial charge on any atom is 0.433 e. The van der Waals surface area contributed by atoms with Gasteiger partial charge in [-0.15, -0.1) is 0 Å². The predicted octanol–water partition coefficient (Wildman–Crippen LogP) is 2.35. The van der Waals surface area contributed by atoms with Gasteiger partial charge in [-0.05, 0) is 29.8 Å². The zero-order valence-corrected chi connectivity index (χ0v) is 9.79. The minimum absolute atomic E-state index is 0.0365. The Labute approximate surface area is 107 Å². The largest absolute Gasteiger partial charge is 0.493 e.